The summed E-state index contributed by atoms with van der Waals surface area (Å²) in [6.45, 7) is 1.71. The topological polar surface area (TPSA) is 114 Å². The lowest BCUT2D eigenvalue weighted by Crippen LogP contribution is -2.64. The van der Waals surface area contributed by atoms with Crippen LogP contribution in [0.5, 0.6) is 0 Å². The summed E-state index contributed by atoms with van der Waals surface area (Å²) in [7, 11) is -3.84. The van der Waals surface area contributed by atoms with Gasteiger partial charge in [0.15, 0.2) is 0 Å². The van der Waals surface area contributed by atoms with Crippen LogP contribution >= 0.6 is 0 Å². The number of benzene rings is 1. The van der Waals surface area contributed by atoms with Crippen LogP contribution in [0.3, 0.4) is 0 Å². The number of nitrogens with one attached hydrogen (secondary N) is 1. The van der Waals surface area contributed by atoms with E-state index in [1.165, 1.54) is 12.1 Å². The fourth-order valence-corrected chi connectivity index (χ4v) is 2.42. The van der Waals surface area contributed by atoms with E-state index in [-0.39, 0.29) is 11.4 Å². The van der Waals surface area contributed by atoms with Crippen LogP contribution < -0.4 is 15.6 Å². The van der Waals surface area contributed by atoms with Crippen LogP contribution in [0.2, 0.25) is 0 Å². The lowest BCUT2D eigenvalue weighted by molar-refractivity contribution is -0.379. The number of carbonyl (C=O) groups is 1. The minimum absolute atomic E-state index is 0.0165. The van der Waals surface area contributed by atoms with E-state index in [9.17, 15) is 18.3 Å². The Hall–Kier alpha value is -1.44. The van der Waals surface area contributed by atoms with E-state index in [1.54, 1.807) is 12.1 Å². The summed E-state index contributed by atoms with van der Waals surface area (Å²) < 4.78 is 25.6. The molecule has 1 aromatic carbocycles. The zero-order valence-electron chi connectivity index (χ0n) is 9.34. The van der Waals surface area contributed by atoms with Crippen LogP contribution in [0.1, 0.15) is 5.56 Å². The molecule has 0 aliphatic carbocycles. The molecule has 0 fully saturated rings. The average molecular weight is 258 g/mol. The maximum absolute atomic E-state index is 11.8. The van der Waals surface area contributed by atoms with Crippen LogP contribution in [-0.4, -0.2) is 27.0 Å². The van der Waals surface area contributed by atoms with Gasteiger partial charge in [0, 0.05) is 0 Å². The number of quaternary nitrogens is 1. The fraction of sp³-hybridized carbons (Fsp3) is 0.300. The Bertz CT molecular complexity index is 496. The standard InChI is InChI=1S/C10H14N2O4S/c1-7-2-4-8(5-3-7)17(15,16)12-9(6-11)10(13)14/h2-5,9,12H,6,11H2,1H3,(H,13,14)/t9-/m1/s1. The highest BCUT2D eigenvalue weighted by Crippen LogP contribution is 2.10. The molecule has 0 heterocycles. The lowest BCUT2D eigenvalue weighted by Gasteiger charge is -2.16. The zero-order valence-corrected chi connectivity index (χ0v) is 10.2. The molecule has 7 heteroatoms. The predicted octanol–water partition coefficient (Wildman–Crippen LogP) is -2.37. The van der Waals surface area contributed by atoms with Gasteiger partial charge in [-0.15, -0.1) is 0 Å². The highest BCUT2D eigenvalue weighted by Gasteiger charge is 2.20. The van der Waals surface area contributed by atoms with Crippen molar-refractivity contribution in [2.45, 2.75) is 17.9 Å². The van der Waals surface area contributed by atoms with Gasteiger partial charge in [-0.2, -0.15) is 4.72 Å². The van der Waals surface area contributed by atoms with Crippen LogP contribution in [0.25, 0.3) is 0 Å². The van der Waals surface area contributed by atoms with E-state index in [0.29, 0.717) is 0 Å². The number of carboxylic acid groups (broad SMARTS) is 1. The summed E-state index contributed by atoms with van der Waals surface area (Å²) in [5.41, 5.74) is 4.27. The van der Waals surface area contributed by atoms with Crippen molar-refractivity contribution >= 4 is 16.0 Å². The number of carbonyl (C=O) groups excluding carboxylic acids is 1. The first kappa shape index (κ1) is 13.6. The molecule has 0 amide bonds. The minimum Gasteiger partial charge on any atom is -0.548 e. The number of aryl methyl sites for hydroxylation is 1. The Labute approximate surface area is 99.5 Å². The SMILES string of the molecule is Cc1ccc(S(=O)(=O)N[C@H](C[NH3+])C(=O)[O-])cc1. The largest absolute Gasteiger partial charge is 0.548 e. The molecule has 6 nitrogen and oxygen atoms in total. The molecule has 1 rings (SSSR count). The third kappa shape index (κ3) is 3.52. The van der Waals surface area contributed by atoms with E-state index in [4.69, 9.17) is 0 Å². The number of hydrogen-bond acceptors (Lipinski definition) is 4. The molecular weight excluding hydrogens is 244 g/mol. The van der Waals surface area contributed by atoms with Crippen molar-refractivity contribution in [3.63, 3.8) is 0 Å². The van der Waals surface area contributed by atoms with Crippen LogP contribution in [0, 0.1) is 6.92 Å². The smallest absolute Gasteiger partial charge is 0.241 e. The second kappa shape index (κ2) is 5.26. The molecule has 0 saturated carbocycles. The monoisotopic (exact) mass is 258 g/mol. The summed E-state index contributed by atoms with van der Waals surface area (Å²) in [5, 5.41) is 10.6. The Morgan fingerprint density at radius 2 is 1.94 bits per heavy atom. The Kier molecular flexibility index (Phi) is 4.22. The van der Waals surface area contributed by atoms with E-state index in [0.717, 1.165) is 5.56 Å². The number of carboxylic acids is 1. The molecule has 0 aliphatic rings. The van der Waals surface area contributed by atoms with Crippen molar-refractivity contribution in [3.05, 3.63) is 29.8 Å². The number of hydrogen-bond donors (Lipinski definition) is 2. The summed E-state index contributed by atoms with van der Waals surface area (Å²) >= 11 is 0. The molecular formula is C10H14N2O4S. The molecule has 0 aliphatic heterocycles. The lowest BCUT2D eigenvalue weighted by atomic mass is 10.2. The van der Waals surface area contributed by atoms with Gasteiger partial charge in [-0.05, 0) is 19.1 Å². The van der Waals surface area contributed by atoms with Gasteiger partial charge in [0.25, 0.3) is 0 Å². The first-order valence-electron chi connectivity index (χ1n) is 4.96. The van der Waals surface area contributed by atoms with Crippen LogP contribution in [0.4, 0.5) is 0 Å². The van der Waals surface area contributed by atoms with Crippen molar-refractivity contribution in [1.82, 2.24) is 4.72 Å². The Morgan fingerprint density at radius 1 is 1.41 bits per heavy atom. The molecule has 0 bridgehead atoms. The van der Waals surface area contributed by atoms with Crippen molar-refractivity contribution < 1.29 is 24.1 Å². The average Bonchev–Trinajstić information content (AvgIpc) is 2.26. The first-order chi connectivity index (χ1) is 7.86. The zero-order chi connectivity index (χ0) is 13.1. The Morgan fingerprint density at radius 3 is 2.35 bits per heavy atom. The second-order valence-electron chi connectivity index (χ2n) is 3.59. The van der Waals surface area contributed by atoms with Crippen LogP contribution in [-0.2, 0) is 14.8 Å². The third-order valence-corrected chi connectivity index (χ3v) is 3.69. The van der Waals surface area contributed by atoms with Crippen molar-refractivity contribution in [3.8, 4) is 0 Å². The van der Waals surface area contributed by atoms with E-state index in [2.05, 4.69) is 5.73 Å². The quantitative estimate of drug-likeness (QED) is 0.614. The van der Waals surface area contributed by atoms with E-state index >= 15 is 0 Å². The molecule has 1 aromatic rings. The summed E-state index contributed by atoms with van der Waals surface area (Å²) in [6.07, 6.45) is 0. The Balaban J connectivity index is 2.96. The summed E-state index contributed by atoms with van der Waals surface area (Å²) in [5.74, 6) is -1.49. The maximum atomic E-state index is 11.8. The third-order valence-electron chi connectivity index (χ3n) is 2.20. The molecule has 0 unspecified atom stereocenters. The van der Waals surface area contributed by atoms with Crippen LogP contribution in [0.15, 0.2) is 29.2 Å². The van der Waals surface area contributed by atoms with E-state index < -0.39 is 22.0 Å². The second-order valence-corrected chi connectivity index (χ2v) is 5.31. The number of aliphatic carboxylic acids is 1. The van der Waals surface area contributed by atoms with Gasteiger partial charge in [0.1, 0.15) is 6.04 Å². The summed E-state index contributed by atoms with van der Waals surface area (Å²) in [6, 6.07) is 4.76. The molecule has 0 spiro atoms. The predicted molar refractivity (Wildman–Crippen MR) is 58.1 cm³/mol. The van der Waals surface area contributed by atoms with E-state index in [1.807, 2.05) is 11.6 Å². The molecule has 0 saturated heterocycles. The molecule has 1 atom stereocenters. The molecule has 17 heavy (non-hydrogen) atoms. The van der Waals surface area contributed by atoms with Gasteiger partial charge in [-0.1, -0.05) is 17.7 Å². The molecule has 0 radical (unpaired) electrons. The molecule has 94 valence electrons. The number of rotatable bonds is 5. The van der Waals surface area contributed by atoms with Gasteiger partial charge >= 0.3 is 0 Å². The maximum Gasteiger partial charge on any atom is 0.241 e. The summed E-state index contributed by atoms with van der Waals surface area (Å²) in [4.78, 5) is 10.6. The fourth-order valence-electron chi connectivity index (χ4n) is 1.20. The van der Waals surface area contributed by atoms with Crippen molar-refractivity contribution in [2.24, 2.45) is 0 Å². The van der Waals surface area contributed by atoms with Gasteiger partial charge < -0.3 is 15.6 Å². The van der Waals surface area contributed by atoms with Crippen molar-refractivity contribution in [1.29, 1.82) is 0 Å². The minimum atomic E-state index is -3.84. The van der Waals surface area contributed by atoms with Gasteiger partial charge in [0.05, 0.1) is 17.4 Å². The number of sulfonamides is 1. The highest BCUT2D eigenvalue weighted by atomic mass is 32.2. The first-order valence-corrected chi connectivity index (χ1v) is 6.44. The van der Waals surface area contributed by atoms with Gasteiger partial charge in [-0.25, -0.2) is 8.42 Å². The van der Waals surface area contributed by atoms with Crippen molar-refractivity contribution in [2.75, 3.05) is 6.54 Å². The van der Waals surface area contributed by atoms with Gasteiger partial charge in [-0.3, -0.25) is 0 Å². The van der Waals surface area contributed by atoms with Gasteiger partial charge in [0.2, 0.25) is 10.0 Å². The molecule has 4 N–H and O–H groups in total. The molecule has 0 aromatic heterocycles. The highest BCUT2D eigenvalue weighted by molar-refractivity contribution is 7.89. The normalized spacial score (nSPS) is 13.3.